The predicted molar refractivity (Wildman–Crippen MR) is 74.4 cm³/mol. The van der Waals surface area contributed by atoms with Crippen LogP contribution in [-0.2, 0) is 19.6 Å². The van der Waals surface area contributed by atoms with E-state index in [0.29, 0.717) is 11.3 Å². The Bertz CT molecular complexity index is 613. The molecule has 2 unspecified atom stereocenters. The molecular weight excluding hydrogens is 282 g/mol. The van der Waals surface area contributed by atoms with E-state index in [0.717, 1.165) is 0 Å². The molecule has 0 spiro atoms. The highest BCUT2D eigenvalue weighted by Crippen LogP contribution is 2.38. The van der Waals surface area contributed by atoms with Gasteiger partial charge in [0.05, 0.1) is 24.1 Å². The van der Waals surface area contributed by atoms with Gasteiger partial charge in [-0.15, -0.1) is 0 Å². The summed E-state index contributed by atoms with van der Waals surface area (Å²) in [5.41, 5.74) is 0.983. The molecule has 0 amide bonds. The van der Waals surface area contributed by atoms with Crippen molar-refractivity contribution in [2.75, 3.05) is 23.7 Å². The Kier molecular flexibility index (Phi) is 4.01. The second-order valence-electron chi connectivity index (χ2n) is 4.81. The highest BCUT2D eigenvalue weighted by molar-refractivity contribution is 7.92. The van der Waals surface area contributed by atoms with Crippen molar-refractivity contribution in [3.8, 4) is 0 Å². The molecule has 1 N–H and O–H groups in total. The zero-order chi connectivity index (χ0) is 14.9. The first-order valence-electron chi connectivity index (χ1n) is 6.21. The minimum absolute atomic E-state index is 0.0621. The summed E-state index contributed by atoms with van der Waals surface area (Å²) in [6.45, 7) is 1.60. The van der Waals surface area contributed by atoms with Gasteiger partial charge in [-0.1, -0.05) is 18.2 Å². The van der Waals surface area contributed by atoms with Crippen LogP contribution in [-0.4, -0.2) is 45.0 Å². The number of anilines is 1. The molecule has 110 valence electrons. The van der Waals surface area contributed by atoms with E-state index in [1.807, 2.05) is 0 Å². The number of rotatable bonds is 5. The first-order valence-corrected chi connectivity index (χ1v) is 7.82. The average molecular weight is 299 g/mol. The van der Waals surface area contributed by atoms with E-state index in [9.17, 15) is 18.3 Å². The van der Waals surface area contributed by atoms with Crippen LogP contribution in [0.4, 0.5) is 5.69 Å². The molecule has 0 fully saturated rings. The number of carbonyl (C=O) groups is 1. The second kappa shape index (κ2) is 5.41. The maximum absolute atomic E-state index is 12.4. The van der Waals surface area contributed by atoms with Gasteiger partial charge < -0.3 is 9.84 Å². The topological polar surface area (TPSA) is 83.9 Å². The fourth-order valence-corrected chi connectivity index (χ4v) is 4.05. The SMILES string of the molecule is COC(C)CS(=O)(=O)N1CC(C(=O)O)c2ccccc21. The summed E-state index contributed by atoms with van der Waals surface area (Å²) >= 11 is 0. The van der Waals surface area contributed by atoms with E-state index in [2.05, 4.69) is 0 Å². The summed E-state index contributed by atoms with van der Waals surface area (Å²) in [7, 11) is -2.16. The number of carboxylic acids is 1. The number of hydrogen-bond donors (Lipinski definition) is 1. The van der Waals surface area contributed by atoms with Gasteiger partial charge in [0.1, 0.15) is 5.92 Å². The summed E-state index contributed by atoms with van der Waals surface area (Å²) in [4.78, 5) is 11.3. The number of hydrogen-bond acceptors (Lipinski definition) is 4. The Labute approximate surface area is 118 Å². The van der Waals surface area contributed by atoms with Crippen molar-refractivity contribution in [3.63, 3.8) is 0 Å². The molecule has 0 aromatic heterocycles. The molecule has 7 heteroatoms. The molecule has 1 heterocycles. The Morgan fingerprint density at radius 1 is 1.50 bits per heavy atom. The molecule has 0 bridgehead atoms. The number of carboxylic acid groups (broad SMARTS) is 1. The van der Waals surface area contributed by atoms with E-state index in [1.165, 1.54) is 11.4 Å². The van der Waals surface area contributed by atoms with Crippen LogP contribution in [0.15, 0.2) is 24.3 Å². The van der Waals surface area contributed by atoms with Crippen molar-refractivity contribution < 1.29 is 23.1 Å². The number of sulfonamides is 1. The fraction of sp³-hybridized carbons (Fsp3) is 0.462. The van der Waals surface area contributed by atoms with Gasteiger partial charge in [-0.05, 0) is 18.6 Å². The van der Waals surface area contributed by atoms with E-state index < -0.39 is 28.0 Å². The van der Waals surface area contributed by atoms with Crippen LogP contribution >= 0.6 is 0 Å². The van der Waals surface area contributed by atoms with Crippen LogP contribution in [0.2, 0.25) is 0 Å². The number of ether oxygens (including phenoxy) is 1. The van der Waals surface area contributed by atoms with Crippen molar-refractivity contribution in [1.29, 1.82) is 0 Å². The quantitative estimate of drug-likeness (QED) is 0.878. The molecule has 0 saturated carbocycles. The largest absolute Gasteiger partial charge is 0.481 e. The molecule has 1 aromatic rings. The Hall–Kier alpha value is -1.60. The van der Waals surface area contributed by atoms with Crippen molar-refractivity contribution in [2.24, 2.45) is 0 Å². The molecule has 1 aliphatic rings. The van der Waals surface area contributed by atoms with Gasteiger partial charge in [-0.3, -0.25) is 9.10 Å². The van der Waals surface area contributed by atoms with Crippen LogP contribution in [0.25, 0.3) is 0 Å². The third kappa shape index (κ3) is 2.64. The Morgan fingerprint density at radius 2 is 2.15 bits per heavy atom. The second-order valence-corrected chi connectivity index (χ2v) is 6.74. The van der Waals surface area contributed by atoms with Gasteiger partial charge in [0.2, 0.25) is 10.0 Å². The summed E-state index contributed by atoms with van der Waals surface area (Å²) in [5.74, 6) is -2.02. The van der Waals surface area contributed by atoms with Gasteiger partial charge in [0.15, 0.2) is 0 Å². The van der Waals surface area contributed by atoms with Crippen molar-refractivity contribution >= 4 is 21.7 Å². The normalized spacial score (nSPS) is 19.7. The number of fused-ring (bicyclic) bond motifs is 1. The first-order chi connectivity index (χ1) is 9.36. The van der Waals surface area contributed by atoms with Gasteiger partial charge in [0.25, 0.3) is 0 Å². The van der Waals surface area contributed by atoms with E-state index in [1.54, 1.807) is 31.2 Å². The monoisotopic (exact) mass is 299 g/mol. The molecular formula is C13H17NO5S. The summed E-state index contributed by atoms with van der Waals surface area (Å²) in [5, 5.41) is 9.23. The molecule has 1 aromatic carbocycles. The zero-order valence-electron chi connectivity index (χ0n) is 11.3. The Balaban J connectivity index is 2.38. The zero-order valence-corrected chi connectivity index (χ0v) is 12.1. The van der Waals surface area contributed by atoms with Crippen molar-refractivity contribution in [1.82, 2.24) is 0 Å². The smallest absolute Gasteiger partial charge is 0.312 e. The summed E-state index contributed by atoms with van der Waals surface area (Å²) < 4.78 is 30.9. The van der Waals surface area contributed by atoms with Crippen molar-refractivity contribution in [3.05, 3.63) is 29.8 Å². The molecule has 0 radical (unpaired) electrons. The first kappa shape index (κ1) is 14.8. The standard InChI is InChI=1S/C13H17NO5S/c1-9(19-2)8-20(17,18)14-7-11(13(15)16)10-5-3-4-6-12(10)14/h3-6,9,11H,7-8H2,1-2H3,(H,15,16). The highest BCUT2D eigenvalue weighted by Gasteiger charge is 2.39. The lowest BCUT2D eigenvalue weighted by atomic mass is 10.0. The van der Waals surface area contributed by atoms with E-state index in [4.69, 9.17) is 4.74 Å². The molecule has 6 nitrogen and oxygen atoms in total. The van der Waals surface area contributed by atoms with Crippen LogP contribution < -0.4 is 4.31 Å². The molecule has 2 rings (SSSR count). The number of benzene rings is 1. The number of methoxy groups -OCH3 is 1. The minimum Gasteiger partial charge on any atom is -0.481 e. The predicted octanol–water partition coefficient (Wildman–Crippen LogP) is 1.04. The molecule has 0 saturated heterocycles. The third-order valence-corrected chi connectivity index (χ3v) is 5.32. The number of nitrogens with zero attached hydrogens (tertiary/aromatic N) is 1. The van der Waals surface area contributed by atoms with Crippen LogP contribution in [0.3, 0.4) is 0 Å². The van der Waals surface area contributed by atoms with E-state index >= 15 is 0 Å². The van der Waals surface area contributed by atoms with Crippen LogP contribution in [0.5, 0.6) is 0 Å². The number of aliphatic carboxylic acids is 1. The third-order valence-electron chi connectivity index (χ3n) is 3.41. The lowest BCUT2D eigenvalue weighted by Crippen LogP contribution is -2.36. The van der Waals surface area contributed by atoms with Gasteiger partial charge in [-0.2, -0.15) is 0 Å². The molecule has 20 heavy (non-hydrogen) atoms. The molecule has 0 aliphatic carbocycles. The summed E-state index contributed by atoms with van der Waals surface area (Å²) in [6.07, 6.45) is -0.448. The molecule has 1 aliphatic heterocycles. The minimum atomic E-state index is -3.61. The maximum atomic E-state index is 12.4. The average Bonchev–Trinajstić information content (AvgIpc) is 2.78. The maximum Gasteiger partial charge on any atom is 0.312 e. The van der Waals surface area contributed by atoms with Crippen LogP contribution in [0.1, 0.15) is 18.4 Å². The van der Waals surface area contributed by atoms with Crippen molar-refractivity contribution in [2.45, 2.75) is 18.9 Å². The summed E-state index contributed by atoms with van der Waals surface area (Å²) in [6, 6.07) is 6.70. The fourth-order valence-electron chi connectivity index (χ4n) is 2.30. The van der Waals surface area contributed by atoms with E-state index in [-0.39, 0.29) is 12.3 Å². The van der Waals surface area contributed by atoms with Gasteiger partial charge in [0, 0.05) is 7.11 Å². The van der Waals surface area contributed by atoms with Gasteiger partial charge in [-0.25, -0.2) is 8.42 Å². The molecule has 2 atom stereocenters. The lowest BCUT2D eigenvalue weighted by Gasteiger charge is -2.21. The Morgan fingerprint density at radius 3 is 2.75 bits per heavy atom. The number of para-hydroxylation sites is 1. The van der Waals surface area contributed by atoms with Gasteiger partial charge >= 0.3 is 5.97 Å². The lowest BCUT2D eigenvalue weighted by molar-refractivity contribution is -0.138. The highest BCUT2D eigenvalue weighted by atomic mass is 32.2. The van der Waals surface area contributed by atoms with Crippen LogP contribution in [0, 0.1) is 0 Å².